The van der Waals surface area contributed by atoms with Crippen LogP contribution in [0.5, 0.6) is 5.88 Å². The molecule has 1 rings (SSSR count). The van der Waals surface area contributed by atoms with Crippen LogP contribution in [0, 0.1) is 0 Å². The van der Waals surface area contributed by atoms with Crippen LogP contribution in [0.1, 0.15) is 20.8 Å². The number of hydrogen-bond donors (Lipinski definition) is 3. The van der Waals surface area contributed by atoms with Gasteiger partial charge in [-0.1, -0.05) is 11.8 Å². The fraction of sp³-hybridized carbons (Fsp3) is 0.500. The second-order valence-corrected chi connectivity index (χ2v) is 5.07. The highest BCUT2D eigenvalue weighted by molar-refractivity contribution is 7.99. The van der Waals surface area contributed by atoms with Crippen LogP contribution in [0.25, 0.3) is 0 Å². The first-order chi connectivity index (χ1) is 9.88. The summed E-state index contributed by atoms with van der Waals surface area (Å²) in [6.07, 6.45) is 0. The summed E-state index contributed by atoms with van der Waals surface area (Å²) < 4.78 is 0. The average molecular weight is 314 g/mol. The average Bonchev–Trinajstić information content (AvgIpc) is 2.41. The molecule has 0 bridgehead atoms. The van der Waals surface area contributed by atoms with E-state index in [1.54, 1.807) is 4.90 Å². The Morgan fingerprint density at radius 3 is 2.48 bits per heavy atom. The molecule has 21 heavy (non-hydrogen) atoms. The zero-order valence-electron chi connectivity index (χ0n) is 12.1. The topological polar surface area (TPSA) is 115 Å². The van der Waals surface area contributed by atoms with Crippen LogP contribution in [-0.2, 0) is 9.59 Å². The lowest BCUT2D eigenvalue weighted by Crippen LogP contribution is -2.32. The Morgan fingerprint density at radius 2 is 2.00 bits per heavy atom. The minimum Gasteiger partial charge on any atom is -0.492 e. The summed E-state index contributed by atoms with van der Waals surface area (Å²) in [5.41, 5.74) is -0.975. The number of hydrogen-bond acceptors (Lipinski definition) is 6. The monoisotopic (exact) mass is 314 g/mol. The molecule has 0 aromatic carbocycles. The van der Waals surface area contributed by atoms with Crippen molar-refractivity contribution in [1.29, 1.82) is 0 Å². The third-order valence-electron chi connectivity index (χ3n) is 2.63. The molecule has 116 valence electrons. The molecule has 9 heteroatoms. The summed E-state index contributed by atoms with van der Waals surface area (Å²) in [5, 5.41) is 11.9. The number of aromatic hydroxyl groups is 1. The summed E-state index contributed by atoms with van der Waals surface area (Å²) in [6.45, 7) is 6.17. The molecule has 0 spiro atoms. The van der Waals surface area contributed by atoms with E-state index in [0.29, 0.717) is 13.1 Å². The van der Waals surface area contributed by atoms with E-state index in [9.17, 15) is 19.5 Å². The van der Waals surface area contributed by atoms with Crippen molar-refractivity contribution in [2.45, 2.75) is 25.9 Å². The summed E-state index contributed by atoms with van der Waals surface area (Å²) in [6, 6.07) is 0. The number of anilines is 1. The molecule has 0 saturated carbocycles. The molecule has 8 nitrogen and oxygen atoms in total. The maximum atomic E-state index is 11.8. The quantitative estimate of drug-likeness (QED) is 0.517. The van der Waals surface area contributed by atoms with Crippen molar-refractivity contribution in [1.82, 2.24) is 14.9 Å². The molecule has 1 heterocycles. The zero-order valence-corrected chi connectivity index (χ0v) is 12.9. The van der Waals surface area contributed by atoms with Gasteiger partial charge < -0.3 is 15.3 Å². The maximum absolute atomic E-state index is 11.8. The summed E-state index contributed by atoms with van der Waals surface area (Å²) in [4.78, 5) is 42.2. The van der Waals surface area contributed by atoms with Gasteiger partial charge in [0.2, 0.25) is 17.7 Å². The van der Waals surface area contributed by atoms with Crippen LogP contribution in [0.2, 0.25) is 0 Å². The van der Waals surface area contributed by atoms with Crippen molar-refractivity contribution >= 4 is 29.3 Å². The van der Waals surface area contributed by atoms with Gasteiger partial charge in [0.15, 0.2) is 10.8 Å². The summed E-state index contributed by atoms with van der Waals surface area (Å²) >= 11 is 1.01. The second-order valence-electron chi connectivity index (χ2n) is 4.11. The molecule has 0 atom stereocenters. The van der Waals surface area contributed by atoms with Gasteiger partial charge in [-0.3, -0.25) is 19.4 Å². The van der Waals surface area contributed by atoms with Crippen molar-refractivity contribution in [2.75, 3.05) is 24.2 Å². The number of aromatic amines is 1. The van der Waals surface area contributed by atoms with Gasteiger partial charge >= 0.3 is 0 Å². The molecule has 2 amide bonds. The summed E-state index contributed by atoms with van der Waals surface area (Å²) in [7, 11) is 0. The van der Waals surface area contributed by atoms with Crippen molar-refractivity contribution in [3.05, 3.63) is 10.4 Å². The Morgan fingerprint density at radius 1 is 1.38 bits per heavy atom. The number of carbonyl (C=O) groups is 2. The number of carbonyl (C=O) groups excluding carboxylic acids is 2. The number of rotatable bonds is 6. The highest BCUT2D eigenvalue weighted by atomic mass is 32.2. The Hall–Kier alpha value is -2.03. The second kappa shape index (κ2) is 7.67. The molecule has 0 saturated heterocycles. The van der Waals surface area contributed by atoms with Crippen molar-refractivity contribution in [3.8, 4) is 5.88 Å². The van der Waals surface area contributed by atoms with Crippen LogP contribution < -0.4 is 10.9 Å². The highest BCUT2D eigenvalue weighted by Gasteiger charge is 2.14. The number of amides is 2. The molecule has 0 fully saturated rings. The van der Waals surface area contributed by atoms with Crippen molar-refractivity contribution in [2.24, 2.45) is 0 Å². The van der Waals surface area contributed by atoms with Gasteiger partial charge in [0.25, 0.3) is 5.56 Å². The van der Waals surface area contributed by atoms with Crippen LogP contribution in [0.3, 0.4) is 0 Å². The van der Waals surface area contributed by atoms with E-state index in [4.69, 9.17) is 0 Å². The van der Waals surface area contributed by atoms with E-state index in [1.807, 2.05) is 13.8 Å². The third kappa shape index (κ3) is 4.78. The van der Waals surface area contributed by atoms with Crippen molar-refractivity contribution < 1.29 is 14.7 Å². The Labute approximate surface area is 126 Å². The number of H-pyrrole nitrogens is 1. The predicted molar refractivity (Wildman–Crippen MR) is 79.5 cm³/mol. The SMILES string of the molecule is CCN(CC)C(=O)CSc1nc(O)c(NC(C)=O)c(=O)[nH]1. The number of thioether (sulfide) groups is 1. The first kappa shape index (κ1) is 17.0. The van der Waals surface area contributed by atoms with Gasteiger partial charge in [0.1, 0.15) is 0 Å². The van der Waals surface area contributed by atoms with Crippen LogP contribution in [0.15, 0.2) is 9.95 Å². The highest BCUT2D eigenvalue weighted by Crippen LogP contribution is 2.19. The van der Waals surface area contributed by atoms with Crippen LogP contribution in [-0.4, -0.2) is 50.6 Å². The van der Waals surface area contributed by atoms with E-state index in [2.05, 4.69) is 15.3 Å². The first-order valence-corrected chi connectivity index (χ1v) is 7.39. The van der Waals surface area contributed by atoms with Gasteiger partial charge in [0.05, 0.1) is 5.75 Å². The fourth-order valence-electron chi connectivity index (χ4n) is 1.60. The van der Waals surface area contributed by atoms with E-state index in [1.165, 1.54) is 6.92 Å². The Balaban J connectivity index is 2.80. The van der Waals surface area contributed by atoms with Gasteiger partial charge in [-0.25, -0.2) is 0 Å². The number of nitrogens with zero attached hydrogens (tertiary/aromatic N) is 2. The minimum absolute atomic E-state index is 0.0851. The van der Waals surface area contributed by atoms with E-state index in [-0.39, 0.29) is 22.5 Å². The molecule has 0 aliphatic carbocycles. The number of nitrogens with one attached hydrogen (secondary N) is 2. The van der Waals surface area contributed by atoms with Crippen molar-refractivity contribution in [3.63, 3.8) is 0 Å². The van der Waals surface area contributed by atoms with Gasteiger partial charge in [-0.05, 0) is 13.8 Å². The first-order valence-electron chi connectivity index (χ1n) is 6.40. The van der Waals surface area contributed by atoms with Gasteiger partial charge in [-0.15, -0.1) is 0 Å². The largest absolute Gasteiger partial charge is 0.492 e. The van der Waals surface area contributed by atoms with Gasteiger partial charge in [0, 0.05) is 20.0 Å². The molecule has 1 aromatic heterocycles. The molecule has 0 unspecified atom stereocenters. The lowest BCUT2D eigenvalue weighted by molar-refractivity contribution is -0.128. The molecule has 3 N–H and O–H groups in total. The molecule has 0 aliphatic heterocycles. The van der Waals surface area contributed by atoms with E-state index in [0.717, 1.165) is 11.8 Å². The smallest absolute Gasteiger partial charge is 0.279 e. The molecule has 1 aromatic rings. The predicted octanol–water partition coefficient (Wildman–Crippen LogP) is 0.394. The zero-order chi connectivity index (χ0) is 16.0. The standard InChI is InChI=1S/C12H18N4O4S/c1-4-16(5-2)8(18)6-21-12-14-10(19)9(11(20)15-12)13-7(3)17/h4-6H2,1-3H3,(H,13,17)(H2,14,15,19,20). The summed E-state index contributed by atoms with van der Waals surface area (Å²) in [5.74, 6) is -1.05. The van der Waals surface area contributed by atoms with E-state index < -0.39 is 17.3 Å². The molecule has 0 radical (unpaired) electrons. The molecular formula is C12H18N4O4S. The Kier molecular flexibility index (Phi) is 6.22. The third-order valence-corrected chi connectivity index (χ3v) is 3.49. The Bertz CT molecular complexity index is 583. The van der Waals surface area contributed by atoms with Crippen LogP contribution in [0.4, 0.5) is 5.69 Å². The lowest BCUT2D eigenvalue weighted by Gasteiger charge is -2.17. The van der Waals surface area contributed by atoms with E-state index >= 15 is 0 Å². The van der Waals surface area contributed by atoms with Gasteiger partial charge in [-0.2, -0.15) is 4.98 Å². The normalized spacial score (nSPS) is 10.2. The van der Waals surface area contributed by atoms with Crippen LogP contribution >= 0.6 is 11.8 Å². The fourth-order valence-corrected chi connectivity index (χ4v) is 2.35. The molecular weight excluding hydrogens is 296 g/mol. The maximum Gasteiger partial charge on any atom is 0.279 e. The minimum atomic E-state index is -0.671. The lowest BCUT2D eigenvalue weighted by atomic mass is 10.5. The number of aromatic nitrogens is 2. The molecule has 0 aliphatic rings.